The molecule has 1 heterocycles. The van der Waals surface area contributed by atoms with Crippen molar-refractivity contribution in [2.24, 2.45) is 0 Å². The Bertz CT molecular complexity index is 751. The maximum absolute atomic E-state index is 10.8. The highest BCUT2D eigenvalue weighted by molar-refractivity contribution is 5.37. The second-order valence-corrected chi connectivity index (χ2v) is 5.33. The normalized spacial score (nSPS) is 10.3. The number of anilines is 1. The van der Waals surface area contributed by atoms with Crippen molar-refractivity contribution in [3.05, 3.63) is 94.3 Å². The Morgan fingerprint density at radius 3 is 1.71 bits per heavy atom. The van der Waals surface area contributed by atoms with Crippen LogP contribution in [-0.4, -0.2) is 14.9 Å². The smallest absolute Gasteiger partial charge is 0.305 e. The van der Waals surface area contributed by atoms with Gasteiger partial charge < -0.3 is 4.90 Å². The van der Waals surface area contributed by atoms with Crippen LogP contribution in [0, 0.1) is 10.1 Å². The fourth-order valence-electron chi connectivity index (χ4n) is 2.38. The third-order valence-corrected chi connectivity index (χ3v) is 3.55. The van der Waals surface area contributed by atoms with Gasteiger partial charge in [-0.3, -0.25) is 10.1 Å². The van der Waals surface area contributed by atoms with E-state index in [1.54, 1.807) is 0 Å². The molecule has 0 spiro atoms. The van der Waals surface area contributed by atoms with Gasteiger partial charge in [-0.05, 0) is 11.1 Å². The first-order chi connectivity index (χ1) is 11.7. The SMILES string of the molecule is O=[N+]([O-])c1cnc(N(Cc2ccccc2)Cc2ccccc2)nc1. The van der Waals surface area contributed by atoms with E-state index in [2.05, 4.69) is 9.97 Å². The van der Waals surface area contributed by atoms with E-state index in [-0.39, 0.29) is 5.69 Å². The predicted octanol–water partition coefficient (Wildman–Crippen LogP) is 3.59. The average molecular weight is 320 g/mol. The van der Waals surface area contributed by atoms with E-state index < -0.39 is 4.92 Å². The number of hydrogen-bond acceptors (Lipinski definition) is 5. The van der Waals surface area contributed by atoms with Gasteiger partial charge in [0.1, 0.15) is 12.4 Å². The minimum absolute atomic E-state index is 0.113. The van der Waals surface area contributed by atoms with Gasteiger partial charge in [-0.2, -0.15) is 0 Å². The molecule has 0 fully saturated rings. The van der Waals surface area contributed by atoms with Crippen molar-refractivity contribution in [2.45, 2.75) is 13.1 Å². The minimum Gasteiger partial charge on any atom is -0.332 e. The zero-order valence-electron chi connectivity index (χ0n) is 12.9. The minimum atomic E-state index is -0.498. The molecule has 1 aromatic heterocycles. The van der Waals surface area contributed by atoms with Gasteiger partial charge in [-0.1, -0.05) is 60.7 Å². The Kier molecular flexibility index (Phi) is 4.76. The largest absolute Gasteiger partial charge is 0.332 e. The maximum atomic E-state index is 10.8. The number of nitrogens with zero attached hydrogens (tertiary/aromatic N) is 4. The number of hydrogen-bond donors (Lipinski definition) is 0. The number of rotatable bonds is 6. The van der Waals surface area contributed by atoms with Crippen molar-refractivity contribution < 1.29 is 4.92 Å². The van der Waals surface area contributed by atoms with Crippen LogP contribution in [0.5, 0.6) is 0 Å². The second-order valence-electron chi connectivity index (χ2n) is 5.33. The Balaban J connectivity index is 1.87. The summed E-state index contributed by atoms with van der Waals surface area (Å²) in [5, 5.41) is 10.8. The van der Waals surface area contributed by atoms with Crippen LogP contribution in [0.4, 0.5) is 11.6 Å². The lowest BCUT2D eigenvalue weighted by molar-refractivity contribution is -0.385. The van der Waals surface area contributed by atoms with Crippen LogP contribution in [0.15, 0.2) is 73.1 Å². The van der Waals surface area contributed by atoms with Gasteiger partial charge in [0, 0.05) is 13.1 Å². The standard InChI is InChI=1S/C18H16N4O2/c23-22(24)17-11-19-18(20-12-17)21(13-15-7-3-1-4-8-15)14-16-9-5-2-6-10-16/h1-12H,13-14H2. The van der Waals surface area contributed by atoms with Crippen molar-refractivity contribution in [3.63, 3.8) is 0 Å². The molecule has 120 valence electrons. The summed E-state index contributed by atoms with van der Waals surface area (Å²) in [5.74, 6) is 0.466. The highest BCUT2D eigenvalue weighted by Crippen LogP contribution is 2.17. The van der Waals surface area contributed by atoms with E-state index in [1.165, 1.54) is 12.4 Å². The van der Waals surface area contributed by atoms with Gasteiger partial charge in [-0.15, -0.1) is 0 Å². The summed E-state index contributed by atoms with van der Waals surface area (Å²) in [6.45, 7) is 1.24. The van der Waals surface area contributed by atoms with Crippen molar-refractivity contribution in [1.82, 2.24) is 9.97 Å². The van der Waals surface area contributed by atoms with Crippen LogP contribution in [0.1, 0.15) is 11.1 Å². The number of aromatic nitrogens is 2. The van der Waals surface area contributed by atoms with Crippen LogP contribution >= 0.6 is 0 Å². The predicted molar refractivity (Wildman–Crippen MR) is 91.5 cm³/mol. The molecular weight excluding hydrogens is 304 g/mol. The summed E-state index contributed by atoms with van der Waals surface area (Å²) in [4.78, 5) is 20.6. The number of benzene rings is 2. The Morgan fingerprint density at radius 2 is 1.29 bits per heavy atom. The van der Waals surface area contributed by atoms with Crippen molar-refractivity contribution in [3.8, 4) is 0 Å². The summed E-state index contributed by atoms with van der Waals surface area (Å²) in [7, 11) is 0. The highest BCUT2D eigenvalue weighted by atomic mass is 16.6. The van der Waals surface area contributed by atoms with Gasteiger partial charge in [0.05, 0.1) is 4.92 Å². The summed E-state index contributed by atoms with van der Waals surface area (Å²) >= 11 is 0. The lowest BCUT2D eigenvalue weighted by Gasteiger charge is -2.22. The van der Waals surface area contributed by atoms with Gasteiger partial charge >= 0.3 is 5.69 Å². The zero-order valence-corrected chi connectivity index (χ0v) is 12.9. The Hall–Kier alpha value is -3.28. The fourth-order valence-corrected chi connectivity index (χ4v) is 2.38. The van der Waals surface area contributed by atoms with Crippen LogP contribution in [0.3, 0.4) is 0 Å². The first kappa shape index (κ1) is 15.6. The molecule has 0 atom stereocenters. The molecule has 0 aliphatic rings. The summed E-state index contributed by atoms with van der Waals surface area (Å²) in [6, 6.07) is 20.0. The van der Waals surface area contributed by atoms with E-state index in [9.17, 15) is 10.1 Å². The first-order valence-electron chi connectivity index (χ1n) is 7.51. The van der Waals surface area contributed by atoms with Crippen molar-refractivity contribution >= 4 is 11.6 Å². The van der Waals surface area contributed by atoms with Crippen LogP contribution < -0.4 is 4.90 Å². The maximum Gasteiger partial charge on any atom is 0.305 e. The van der Waals surface area contributed by atoms with Gasteiger partial charge in [0.25, 0.3) is 0 Å². The molecule has 3 aromatic rings. The molecule has 0 amide bonds. The molecule has 6 nitrogen and oxygen atoms in total. The molecule has 6 heteroatoms. The zero-order chi connectivity index (χ0) is 16.8. The molecule has 0 N–H and O–H groups in total. The molecule has 24 heavy (non-hydrogen) atoms. The number of nitro groups is 1. The molecule has 0 aliphatic carbocycles. The molecule has 0 aliphatic heterocycles. The topological polar surface area (TPSA) is 72.2 Å². The molecule has 2 aromatic carbocycles. The van der Waals surface area contributed by atoms with E-state index in [1.807, 2.05) is 65.6 Å². The molecule has 0 saturated heterocycles. The molecular formula is C18H16N4O2. The van der Waals surface area contributed by atoms with Gasteiger partial charge in [0.2, 0.25) is 5.95 Å². The monoisotopic (exact) mass is 320 g/mol. The molecule has 3 rings (SSSR count). The highest BCUT2D eigenvalue weighted by Gasteiger charge is 2.14. The van der Waals surface area contributed by atoms with E-state index in [4.69, 9.17) is 0 Å². The second kappa shape index (κ2) is 7.32. The van der Waals surface area contributed by atoms with Crippen LogP contribution in [0.25, 0.3) is 0 Å². The molecule has 0 radical (unpaired) electrons. The van der Waals surface area contributed by atoms with Crippen LogP contribution in [-0.2, 0) is 13.1 Å². The third kappa shape index (κ3) is 3.92. The lowest BCUT2D eigenvalue weighted by Crippen LogP contribution is -2.24. The fraction of sp³-hybridized carbons (Fsp3) is 0.111. The van der Waals surface area contributed by atoms with E-state index in [0.29, 0.717) is 19.0 Å². The Labute approximate surface area is 139 Å². The molecule has 0 saturated carbocycles. The van der Waals surface area contributed by atoms with Crippen molar-refractivity contribution in [2.75, 3.05) is 4.90 Å². The van der Waals surface area contributed by atoms with E-state index >= 15 is 0 Å². The van der Waals surface area contributed by atoms with Crippen LogP contribution in [0.2, 0.25) is 0 Å². The lowest BCUT2D eigenvalue weighted by atomic mass is 10.2. The first-order valence-corrected chi connectivity index (χ1v) is 7.51. The van der Waals surface area contributed by atoms with Crippen molar-refractivity contribution in [1.29, 1.82) is 0 Å². The third-order valence-electron chi connectivity index (χ3n) is 3.55. The average Bonchev–Trinajstić information content (AvgIpc) is 2.63. The van der Waals surface area contributed by atoms with Gasteiger partial charge in [-0.25, -0.2) is 9.97 Å². The summed E-state index contributed by atoms with van der Waals surface area (Å²) < 4.78 is 0. The molecule has 0 unspecified atom stereocenters. The quantitative estimate of drug-likeness (QED) is 0.512. The van der Waals surface area contributed by atoms with E-state index in [0.717, 1.165) is 11.1 Å². The summed E-state index contributed by atoms with van der Waals surface area (Å²) in [6.07, 6.45) is 2.48. The summed E-state index contributed by atoms with van der Waals surface area (Å²) in [5.41, 5.74) is 2.13. The Morgan fingerprint density at radius 1 is 0.833 bits per heavy atom. The van der Waals surface area contributed by atoms with Gasteiger partial charge in [0.15, 0.2) is 0 Å². The molecule has 0 bridgehead atoms.